The maximum absolute atomic E-state index is 13.1. The van der Waals surface area contributed by atoms with Crippen LogP contribution >= 0.6 is 23.4 Å². The van der Waals surface area contributed by atoms with E-state index in [1.54, 1.807) is 22.6 Å². The van der Waals surface area contributed by atoms with E-state index in [-0.39, 0.29) is 23.7 Å². The lowest BCUT2D eigenvalue weighted by atomic mass is 10.0. The molecule has 7 nitrogen and oxygen atoms in total. The van der Waals surface area contributed by atoms with Crippen molar-refractivity contribution in [3.63, 3.8) is 0 Å². The topological polar surface area (TPSA) is 78.7 Å². The minimum Gasteiger partial charge on any atom is -0.379 e. The number of imidazole rings is 1. The lowest BCUT2D eigenvalue weighted by Gasteiger charge is -2.38. The highest BCUT2D eigenvalue weighted by Crippen LogP contribution is 2.30. The first kappa shape index (κ1) is 23.2. The Labute approximate surface area is 207 Å². The zero-order valence-electron chi connectivity index (χ0n) is 19.2. The number of likely N-dealkylation sites (tertiary alicyclic amines) is 1. The van der Waals surface area contributed by atoms with E-state index in [2.05, 4.69) is 4.98 Å². The molecule has 2 aromatic carbocycles. The van der Waals surface area contributed by atoms with Gasteiger partial charge < -0.3 is 14.9 Å². The molecule has 1 unspecified atom stereocenters. The summed E-state index contributed by atoms with van der Waals surface area (Å²) < 4.78 is 1.67. The van der Waals surface area contributed by atoms with Crippen LogP contribution in [0.15, 0.2) is 47.5 Å². The number of hydrogen-bond acceptors (Lipinski definition) is 5. The number of aliphatic hydroxyl groups is 1. The molecule has 3 heterocycles. The number of nitrogens with zero attached hydrogens (tertiary/aromatic N) is 4. The van der Waals surface area contributed by atoms with Crippen LogP contribution in [0.25, 0.3) is 10.8 Å². The maximum Gasteiger partial charge on any atom is 0.330 e. The van der Waals surface area contributed by atoms with Gasteiger partial charge in [-0.1, -0.05) is 23.7 Å². The Hall–Kier alpha value is -2.55. The van der Waals surface area contributed by atoms with Gasteiger partial charge in [-0.3, -0.25) is 9.36 Å². The van der Waals surface area contributed by atoms with Crippen molar-refractivity contribution in [1.82, 2.24) is 19.4 Å². The van der Waals surface area contributed by atoms with Crippen LogP contribution in [0.3, 0.4) is 0 Å². The quantitative estimate of drug-likeness (QED) is 0.530. The van der Waals surface area contributed by atoms with Crippen molar-refractivity contribution in [3.8, 4) is 0 Å². The van der Waals surface area contributed by atoms with Gasteiger partial charge in [0.25, 0.3) is 5.91 Å². The summed E-state index contributed by atoms with van der Waals surface area (Å²) >= 11 is 7.52. The normalized spacial score (nSPS) is 18.4. The van der Waals surface area contributed by atoms with Gasteiger partial charge in [0.05, 0.1) is 18.4 Å². The molecule has 0 radical (unpaired) electrons. The summed E-state index contributed by atoms with van der Waals surface area (Å²) in [4.78, 5) is 34.7. The molecule has 0 bridgehead atoms. The number of carbonyl (C=O) groups is 2. The van der Waals surface area contributed by atoms with Gasteiger partial charge in [-0.2, -0.15) is 0 Å². The first-order valence-corrected chi connectivity index (χ1v) is 12.8. The molecule has 1 aromatic heterocycles. The van der Waals surface area contributed by atoms with E-state index in [1.807, 2.05) is 48.2 Å². The number of aromatic nitrogens is 2. The standard InChI is InChI=1S/C25H27ClN4O3S/c1-16-27-13-21-14-29(24(32)30(16)21)20-7-9-28(10-8-20)23(31)25(2,33)15-34-22-6-4-17-11-19(26)5-3-18(17)12-22/h3-6,11-13,20,33H,7-10,14-15H2,1-2H3. The van der Waals surface area contributed by atoms with Gasteiger partial charge in [-0.05, 0) is 61.7 Å². The van der Waals surface area contributed by atoms with E-state index in [4.69, 9.17) is 11.6 Å². The number of amides is 2. The molecule has 1 saturated heterocycles. The summed E-state index contributed by atoms with van der Waals surface area (Å²) in [5.41, 5.74) is -0.561. The molecule has 2 amide bonds. The molecule has 0 saturated carbocycles. The lowest BCUT2D eigenvalue weighted by molar-refractivity contribution is -0.148. The monoisotopic (exact) mass is 498 g/mol. The van der Waals surface area contributed by atoms with Crippen LogP contribution in [-0.4, -0.2) is 66.9 Å². The zero-order valence-corrected chi connectivity index (χ0v) is 20.8. The van der Waals surface area contributed by atoms with Crippen LogP contribution in [0.4, 0.5) is 4.79 Å². The number of fused-ring (bicyclic) bond motifs is 2. The Bertz CT molecular complexity index is 1270. The van der Waals surface area contributed by atoms with E-state index in [9.17, 15) is 14.7 Å². The first-order chi connectivity index (χ1) is 16.2. The number of benzene rings is 2. The number of aryl methyl sites for hydroxylation is 1. The van der Waals surface area contributed by atoms with Crippen molar-refractivity contribution in [2.45, 2.75) is 49.8 Å². The molecule has 1 atom stereocenters. The van der Waals surface area contributed by atoms with Crippen LogP contribution in [0.5, 0.6) is 0 Å². The molecule has 2 aliphatic rings. The first-order valence-electron chi connectivity index (χ1n) is 11.4. The fourth-order valence-electron chi connectivity index (χ4n) is 4.81. The highest BCUT2D eigenvalue weighted by molar-refractivity contribution is 7.99. The minimum absolute atomic E-state index is 0.0316. The predicted molar refractivity (Wildman–Crippen MR) is 133 cm³/mol. The SMILES string of the molecule is Cc1ncc2n1C(=O)N(C1CCN(C(=O)C(C)(O)CSc3ccc4cc(Cl)ccc4c3)CC1)C2. The summed E-state index contributed by atoms with van der Waals surface area (Å²) in [6.07, 6.45) is 3.15. The van der Waals surface area contributed by atoms with Gasteiger partial charge in [-0.15, -0.1) is 11.8 Å². The smallest absolute Gasteiger partial charge is 0.330 e. The van der Waals surface area contributed by atoms with Crippen LogP contribution in [0.2, 0.25) is 5.02 Å². The Kier molecular flexibility index (Phi) is 6.08. The summed E-state index contributed by atoms with van der Waals surface area (Å²) in [5.74, 6) is 0.709. The second kappa shape index (κ2) is 8.91. The van der Waals surface area contributed by atoms with Crippen molar-refractivity contribution < 1.29 is 14.7 Å². The summed E-state index contributed by atoms with van der Waals surface area (Å²) in [7, 11) is 0. The van der Waals surface area contributed by atoms with Crippen LogP contribution in [0.1, 0.15) is 31.3 Å². The van der Waals surface area contributed by atoms with Gasteiger partial charge in [0.15, 0.2) is 0 Å². The number of thioether (sulfide) groups is 1. The van der Waals surface area contributed by atoms with Gasteiger partial charge in [0, 0.05) is 34.8 Å². The molecule has 9 heteroatoms. The summed E-state index contributed by atoms with van der Waals surface area (Å²) in [6.45, 7) is 5.03. The average Bonchev–Trinajstić information content (AvgIpc) is 3.36. The molecule has 3 aromatic rings. The van der Waals surface area contributed by atoms with E-state index in [1.165, 1.54) is 11.8 Å². The van der Waals surface area contributed by atoms with Gasteiger partial charge in [0.1, 0.15) is 11.4 Å². The third-order valence-electron chi connectivity index (χ3n) is 6.73. The molecule has 178 valence electrons. The number of rotatable bonds is 5. The molecule has 0 aliphatic carbocycles. The highest BCUT2D eigenvalue weighted by atomic mass is 35.5. The molecule has 1 fully saturated rings. The molecule has 34 heavy (non-hydrogen) atoms. The van der Waals surface area contributed by atoms with E-state index in [0.717, 1.165) is 21.4 Å². The van der Waals surface area contributed by atoms with Crippen molar-refractivity contribution in [2.24, 2.45) is 0 Å². The fourth-order valence-corrected chi connectivity index (χ4v) is 5.94. The molecule has 5 rings (SSSR count). The van der Waals surface area contributed by atoms with Crippen LogP contribution in [-0.2, 0) is 11.3 Å². The highest BCUT2D eigenvalue weighted by Gasteiger charge is 2.39. The molecular formula is C25H27ClN4O3S. The molecule has 1 N–H and O–H groups in total. The predicted octanol–water partition coefficient (Wildman–Crippen LogP) is 4.32. The Morgan fingerprint density at radius 3 is 2.65 bits per heavy atom. The Morgan fingerprint density at radius 1 is 1.21 bits per heavy atom. The van der Waals surface area contributed by atoms with Crippen molar-refractivity contribution in [1.29, 1.82) is 0 Å². The average molecular weight is 499 g/mol. The number of halogens is 1. The Balaban J connectivity index is 1.17. The minimum atomic E-state index is -1.48. The van der Waals surface area contributed by atoms with Crippen molar-refractivity contribution >= 4 is 46.1 Å². The number of hydrogen-bond donors (Lipinski definition) is 1. The van der Waals surface area contributed by atoms with E-state index < -0.39 is 5.60 Å². The second-order valence-corrected chi connectivity index (χ2v) is 10.8. The van der Waals surface area contributed by atoms with Crippen molar-refractivity contribution in [2.75, 3.05) is 18.8 Å². The fraction of sp³-hybridized carbons (Fsp3) is 0.400. The molecule has 2 aliphatic heterocycles. The van der Waals surface area contributed by atoms with Crippen LogP contribution < -0.4 is 0 Å². The Morgan fingerprint density at radius 2 is 1.91 bits per heavy atom. The summed E-state index contributed by atoms with van der Waals surface area (Å²) in [5, 5.41) is 13.8. The largest absolute Gasteiger partial charge is 0.379 e. The van der Waals surface area contributed by atoms with Crippen LogP contribution in [0, 0.1) is 6.92 Å². The number of piperidine rings is 1. The van der Waals surface area contributed by atoms with E-state index >= 15 is 0 Å². The van der Waals surface area contributed by atoms with Crippen molar-refractivity contribution in [3.05, 3.63) is 59.1 Å². The lowest BCUT2D eigenvalue weighted by Crippen LogP contribution is -2.54. The number of carbonyl (C=O) groups excluding carboxylic acids is 2. The zero-order chi connectivity index (χ0) is 24.0. The maximum atomic E-state index is 13.1. The second-order valence-electron chi connectivity index (χ2n) is 9.28. The molecular weight excluding hydrogens is 472 g/mol. The third kappa shape index (κ3) is 4.30. The van der Waals surface area contributed by atoms with Gasteiger partial charge in [0.2, 0.25) is 0 Å². The molecule has 0 spiro atoms. The van der Waals surface area contributed by atoms with Gasteiger partial charge in [-0.25, -0.2) is 9.78 Å². The van der Waals surface area contributed by atoms with E-state index in [0.29, 0.717) is 43.3 Å². The third-order valence-corrected chi connectivity index (χ3v) is 8.26. The van der Waals surface area contributed by atoms with Gasteiger partial charge >= 0.3 is 6.03 Å². The summed E-state index contributed by atoms with van der Waals surface area (Å²) in [6, 6.07) is 11.8.